The molecule has 0 unspecified atom stereocenters. The molecule has 126 valence electrons. The number of aryl methyl sites for hydroxylation is 1. The van der Waals surface area contributed by atoms with Gasteiger partial charge in [0.1, 0.15) is 5.82 Å². The zero-order chi connectivity index (χ0) is 16.9. The Morgan fingerprint density at radius 1 is 1.38 bits per heavy atom. The maximum Gasteiger partial charge on any atom is 0.226 e. The van der Waals surface area contributed by atoms with E-state index < -0.39 is 5.82 Å². The predicted octanol–water partition coefficient (Wildman–Crippen LogP) is 2.71. The van der Waals surface area contributed by atoms with Crippen molar-refractivity contribution in [2.45, 2.75) is 25.7 Å². The van der Waals surface area contributed by atoms with E-state index in [2.05, 4.69) is 9.97 Å². The molecule has 2 heterocycles. The summed E-state index contributed by atoms with van der Waals surface area (Å²) >= 11 is 0. The minimum absolute atomic E-state index is 0.0153. The van der Waals surface area contributed by atoms with Gasteiger partial charge in [-0.2, -0.15) is 0 Å². The maximum absolute atomic E-state index is 13.5. The van der Waals surface area contributed by atoms with Crippen molar-refractivity contribution in [3.05, 3.63) is 53.9 Å². The molecule has 1 aromatic heterocycles. The SMILES string of the molecule is Cc1ccnc([C@@H]2CCN(C(=O)CCOc3ccccc3F)C2)n1. The molecule has 1 atom stereocenters. The average molecular weight is 329 g/mol. The van der Waals surface area contributed by atoms with Crippen molar-refractivity contribution < 1.29 is 13.9 Å². The molecule has 0 radical (unpaired) electrons. The Morgan fingerprint density at radius 3 is 3.00 bits per heavy atom. The first-order valence-electron chi connectivity index (χ1n) is 8.08. The van der Waals surface area contributed by atoms with Crippen molar-refractivity contribution in [2.24, 2.45) is 0 Å². The van der Waals surface area contributed by atoms with Crippen molar-refractivity contribution >= 4 is 5.91 Å². The van der Waals surface area contributed by atoms with Crippen LogP contribution in [-0.2, 0) is 4.79 Å². The molecule has 0 bridgehead atoms. The number of rotatable bonds is 5. The second kappa shape index (κ2) is 7.38. The first-order chi connectivity index (χ1) is 11.6. The van der Waals surface area contributed by atoms with Crippen LogP contribution in [0.25, 0.3) is 0 Å². The van der Waals surface area contributed by atoms with Crippen LogP contribution in [0.1, 0.15) is 30.3 Å². The lowest BCUT2D eigenvalue weighted by molar-refractivity contribution is -0.130. The van der Waals surface area contributed by atoms with Crippen LogP contribution in [0.4, 0.5) is 4.39 Å². The monoisotopic (exact) mass is 329 g/mol. The van der Waals surface area contributed by atoms with Gasteiger partial charge in [0.15, 0.2) is 11.6 Å². The largest absolute Gasteiger partial charge is 0.490 e. The number of nitrogens with zero attached hydrogens (tertiary/aromatic N) is 3. The van der Waals surface area contributed by atoms with E-state index in [4.69, 9.17) is 4.74 Å². The van der Waals surface area contributed by atoms with Gasteiger partial charge in [-0.1, -0.05) is 12.1 Å². The van der Waals surface area contributed by atoms with Crippen molar-refractivity contribution in [3.63, 3.8) is 0 Å². The molecule has 1 amide bonds. The molecule has 0 aliphatic carbocycles. The van der Waals surface area contributed by atoms with Crippen molar-refractivity contribution in [1.82, 2.24) is 14.9 Å². The zero-order valence-corrected chi connectivity index (χ0v) is 13.6. The first kappa shape index (κ1) is 16.4. The molecule has 0 N–H and O–H groups in total. The molecule has 1 fully saturated rings. The highest BCUT2D eigenvalue weighted by Gasteiger charge is 2.28. The Kier molecular flexibility index (Phi) is 5.03. The highest BCUT2D eigenvalue weighted by molar-refractivity contribution is 5.76. The van der Waals surface area contributed by atoms with Gasteiger partial charge in [-0.3, -0.25) is 4.79 Å². The molecule has 5 nitrogen and oxygen atoms in total. The molecule has 0 spiro atoms. The van der Waals surface area contributed by atoms with Gasteiger partial charge in [-0.15, -0.1) is 0 Å². The van der Waals surface area contributed by atoms with Gasteiger partial charge in [0.25, 0.3) is 0 Å². The van der Waals surface area contributed by atoms with E-state index >= 15 is 0 Å². The molecule has 1 aromatic carbocycles. The van der Waals surface area contributed by atoms with Gasteiger partial charge in [-0.05, 0) is 31.5 Å². The van der Waals surface area contributed by atoms with Gasteiger partial charge < -0.3 is 9.64 Å². The Balaban J connectivity index is 1.49. The van der Waals surface area contributed by atoms with Gasteiger partial charge >= 0.3 is 0 Å². The smallest absolute Gasteiger partial charge is 0.226 e. The molecule has 1 aliphatic heterocycles. The second-order valence-corrected chi connectivity index (χ2v) is 5.91. The number of carbonyl (C=O) groups is 1. The van der Waals surface area contributed by atoms with Gasteiger partial charge in [0.05, 0.1) is 13.0 Å². The van der Waals surface area contributed by atoms with Crippen LogP contribution in [0.3, 0.4) is 0 Å². The van der Waals surface area contributed by atoms with E-state index in [0.717, 1.165) is 17.9 Å². The Labute approximate surface area is 140 Å². The summed E-state index contributed by atoms with van der Waals surface area (Å²) in [7, 11) is 0. The van der Waals surface area contributed by atoms with Gasteiger partial charge in [-0.25, -0.2) is 14.4 Å². The summed E-state index contributed by atoms with van der Waals surface area (Å²) < 4.78 is 18.8. The van der Waals surface area contributed by atoms with Crippen LogP contribution in [0.5, 0.6) is 5.75 Å². The molecule has 1 aliphatic rings. The Morgan fingerprint density at radius 2 is 2.21 bits per heavy atom. The summed E-state index contributed by atoms with van der Waals surface area (Å²) in [6, 6.07) is 8.06. The van der Waals surface area contributed by atoms with Crippen LogP contribution in [0.2, 0.25) is 0 Å². The average Bonchev–Trinajstić information content (AvgIpc) is 3.07. The Bertz CT molecular complexity index is 723. The van der Waals surface area contributed by atoms with E-state index in [-0.39, 0.29) is 30.6 Å². The van der Waals surface area contributed by atoms with E-state index in [1.165, 1.54) is 6.07 Å². The molecular formula is C18H20FN3O2. The minimum Gasteiger partial charge on any atom is -0.490 e. The normalized spacial score (nSPS) is 17.1. The fourth-order valence-corrected chi connectivity index (χ4v) is 2.83. The standard InChI is InChI=1S/C18H20FN3O2/c1-13-6-9-20-18(21-13)14-7-10-22(12-14)17(23)8-11-24-16-5-3-2-4-15(16)19/h2-6,9,14H,7-8,10-12H2,1H3/t14-/m1/s1. The van der Waals surface area contributed by atoms with Crippen molar-refractivity contribution in [2.75, 3.05) is 19.7 Å². The molecular weight excluding hydrogens is 309 g/mol. The molecule has 1 saturated heterocycles. The second-order valence-electron chi connectivity index (χ2n) is 5.91. The highest BCUT2D eigenvalue weighted by Crippen LogP contribution is 2.25. The van der Waals surface area contributed by atoms with Gasteiger partial charge in [0.2, 0.25) is 5.91 Å². The number of amides is 1. The maximum atomic E-state index is 13.5. The topological polar surface area (TPSA) is 55.3 Å². The number of hydrogen-bond donors (Lipinski definition) is 0. The number of benzene rings is 1. The molecule has 24 heavy (non-hydrogen) atoms. The van der Waals surface area contributed by atoms with Crippen LogP contribution < -0.4 is 4.74 Å². The third-order valence-corrected chi connectivity index (χ3v) is 4.13. The van der Waals surface area contributed by atoms with Crippen molar-refractivity contribution in [3.8, 4) is 5.75 Å². The Hall–Kier alpha value is -2.50. The summed E-state index contributed by atoms with van der Waals surface area (Å²) in [4.78, 5) is 22.8. The molecule has 0 saturated carbocycles. The van der Waals surface area contributed by atoms with Crippen LogP contribution in [-0.4, -0.2) is 40.5 Å². The number of likely N-dealkylation sites (tertiary alicyclic amines) is 1. The summed E-state index contributed by atoms with van der Waals surface area (Å²) in [6.45, 7) is 3.42. The number of carbonyl (C=O) groups excluding carboxylic acids is 1. The third kappa shape index (κ3) is 3.88. The fourth-order valence-electron chi connectivity index (χ4n) is 2.83. The summed E-state index contributed by atoms with van der Waals surface area (Å²) in [5.41, 5.74) is 0.933. The highest BCUT2D eigenvalue weighted by atomic mass is 19.1. The van der Waals surface area contributed by atoms with Gasteiger partial charge in [0, 0.05) is 30.9 Å². The molecule has 3 rings (SSSR count). The van der Waals surface area contributed by atoms with E-state index in [0.29, 0.717) is 13.1 Å². The summed E-state index contributed by atoms with van der Waals surface area (Å²) in [6.07, 6.45) is 2.85. The number of ether oxygens (including phenoxy) is 1. The number of hydrogen-bond acceptors (Lipinski definition) is 4. The lowest BCUT2D eigenvalue weighted by Gasteiger charge is -2.16. The number of halogens is 1. The minimum atomic E-state index is -0.414. The molecule has 2 aromatic rings. The summed E-state index contributed by atoms with van der Waals surface area (Å²) in [5.74, 6) is 0.760. The lowest BCUT2D eigenvalue weighted by Crippen LogP contribution is -2.29. The van der Waals surface area contributed by atoms with E-state index in [1.54, 1.807) is 29.3 Å². The van der Waals surface area contributed by atoms with E-state index in [9.17, 15) is 9.18 Å². The van der Waals surface area contributed by atoms with Crippen LogP contribution in [0, 0.1) is 12.7 Å². The number of aromatic nitrogens is 2. The van der Waals surface area contributed by atoms with Crippen LogP contribution in [0.15, 0.2) is 36.5 Å². The van der Waals surface area contributed by atoms with E-state index in [1.807, 2.05) is 13.0 Å². The van der Waals surface area contributed by atoms with Crippen molar-refractivity contribution in [1.29, 1.82) is 0 Å². The quantitative estimate of drug-likeness (QED) is 0.846. The molecule has 6 heteroatoms. The summed E-state index contributed by atoms with van der Waals surface area (Å²) in [5, 5.41) is 0. The zero-order valence-electron chi connectivity index (χ0n) is 13.6. The van der Waals surface area contributed by atoms with Crippen LogP contribution >= 0.6 is 0 Å². The first-order valence-corrected chi connectivity index (χ1v) is 8.08. The predicted molar refractivity (Wildman–Crippen MR) is 87.2 cm³/mol. The number of para-hydroxylation sites is 1. The third-order valence-electron chi connectivity index (χ3n) is 4.13. The fraction of sp³-hybridized carbons (Fsp3) is 0.389. The lowest BCUT2D eigenvalue weighted by atomic mass is 10.1.